The molecule has 0 aliphatic carbocycles. The first kappa shape index (κ1) is 22.6. The zero-order valence-corrected chi connectivity index (χ0v) is 18.2. The average Bonchev–Trinajstić information content (AvgIpc) is 3.12. The molecule has 0 fully saturated rings. The lowest BCUT2D eigenvalue weighted by molar-refractivity contribution is 0.573. The van der Waals surface area contributed by atoms with Crippen LogP contribution in [0.3, 0.4) is 0 Å². The summed E-state index contributed by atoms with van der Waals surface area (Å²) in [6.07, 6.45) is 16.6. The fourth-order valence-corrected chi connectivity index (χ4v) is 3.67. The van der Waals surface area contributed by atoms with Crippen LogP contribution in [0, 0.1) is 19.3 Å². The van der Waals surface area contributed by atoms with Gasteiger partial charge in [-0.3, -0.25) is 5.10 Å². The van der Waals surface area contributed by atoms with Crippen molar-refractivity contribution < 1.29 is 0 Å². The maximum atomic E-state index is 5.45. The molecule has 2 N–H and O–H groups in total. The number of benzene rings is 1. The number of unbranched alkanes of at least 4 members (excludes halogenated alkanes) is 1. The molecule has 0 bridgehead atoms. The van der Waals surface area contributed by atoms with Gasteiger partial charge in [-0.1, -0.05) is 75.2 Å². The maximum Gasteiger partial charge on any atom is 0.156 e. The fraction of sp³-hybridized carbons (Fsp3) is 0.423. The van der Waals surface area contributed by atoms with E-state index in [2.05, 4.69) is 74.0 Å². The van der Waals surface area contributed by atoms with Gasteiger partial charge in [-0.15, -0.1) is 12.3 Å². The van der Waals surface area contributed by atoms with E-state index in [1.165, 1.54) is 11.1 Å². The second-order valence-corrected chi connectivity index (χ2v) is 7.59. The summed E-state index contributed by atoms with van der Waals surface area (Å²) in [5.74, 6) is 3.68. The molecule has 29 heavy (non-hydrogen) atoms. The van der Waals surface area contributed by atoms with Gasteiger partial charge >= 0.3 is 0 Å². The Morgan fingerprint density at radius 3 is 2.62 bits per heavy atom. The maximum absolute atomic E-state index is 5.45. The van der Waals surface area contributed by atoms with Crippen LogP contribution >= 0.6 is 0 Å². The van der Waals surface area contributed by atoms with Crippen LogP contribution in [0.4, 0.5) is 5.82 Å². The van der Waals surface area contributed by atoms with Crippen molar-refractivity contribution in [3.05, 3.63) is 54.1 Å². The van der Waals surface area contributed by atoms with Crippen molar-refractivity contribution in [2.45, 2.75) is 71.8 Å². The number of aromatic amines is 1. The summed E-state index contributed by atoms with van der Waals surface area (Å²) in [4.78, 5) is 0. The molecule has 0 radical (unpaired) electrons. The minimum Gasteiger partial charge on any atom is -0.365 e. The fourth-order valence-electron chi connectivity index (χ4n) is 3.67. The number of terminal acetylenes is 1. The lowest BCUT2D eigenvalue weighted by Gasteiger charge is -2.19. The summed E-state index contributed by atoms with van der Waals surface area (Å²) in [7, 11) is 0. The van der Waals surface area contributed by atoms with Crippen molar-refractivity contribution in [2.75, 3.05) is 5.32 Å². The highest BCUT2D eigenvalue weighted by Gasteiger charge is 2.20. The largest absolute Gasteiger partial charge is 0.365 e. The number of aryl methyl sites for hydroxylation is 1. The number of aromatic nitrogens is 2. The molecular weight excluding hydrogens is 354 g/mol. The Labute approximate surface area is 176 Å². The van der Waals surface area contributed by atoms with E-state index >= 15 is 0 Å². The van der Waals surface area contributed by atoms with E-state index in [0.29, 0.717) is 6.04 Å². The van der Waals surface area contributed by atoms with E-state index in [1.807, 2.05) is 6.08 Å². The number of nitrogens with one attached hydrogen (secondary N) is 2. The monoisotopic (exact) mass is 389 g/mol. The number of hydrogen-bond donors (Lipinski definition) is 2. The summed E-state index contributed by atoms with van der Waals surface area (Å²) in [6.45, 7) is 10.5. The summed E-state index contributed by atoms with van der Waals surface area (Å²) in [5.41, 5.74) is 5.88. The van der Waals surface area contributed by atoms with E-state index in [-0.39, 0.29) is 0 Å². The van der Waals surface area contributed by atoms with Crippen molar-refractivity contribution in [2.24, 2.45) is 0 Å². The molecule has 1 atom stereocenters. The van der Waals surface area contributed by atoms with Crippen molar-refractivity contribution in [3.63, 3.8) is 0 Å². The third-order valence-electron chi connectivity index (χ3n) is 5.12. The number of H-pyrrole nitrogens is 1. The van der Waals surface area contributed by atoms with Gasteiger partial charge in [0.25, 0.3) is 0 Å². The minimum absolute atomic E-state index is 0.368. The molecule has 1 aromatic heterocycles. The van der Waals surface area contributed by atoms with Crippen LogP contribution in [0.1, 0.15) is 69.9 Å². The van der Waals surface area contributed by atoms with E-state index in [4.69, 9.17) is 11.5 Å². The molecule has 1 heterocycles. The van der Waals surface area contributed by atoms with Crippen molar-refractivity contribution in [3.8, 4) is 23.6 Å². The van der Waals surface area contributed by atoms with Crippen LogP contribution in [-0.4, -0.2) is 16.2 Å². The highest BCUT2D eigenvalue weighted by atomic mass is 15.2. The molecule has 0 amide bonds. The Morgan fingerprint density at radius 2 is 2.00 bits per heavy atom. The summed E-state index contributed by atoms with van der Waals surface area (Å²) >= 11 is 0. The number of allylic oxidation sites excluding steroid dienone is 3. The zero-order chi connectivity index (χ0) is 21.1. The summed E-state index contributed by atoms with van der Waals surface area (Å²) in [6, 6.07) is 8.97. The van der Waals surface area contributed by atoms with E-state index < -0.39 is 0 Å². The van der Waals surface area contributed by atoms with Gasteiger partial charge in [0, 0.05) is 23.6 Å². The first-order valence-electron chi connectivity index (χ1n) is 10.8. The van der Waals surface area contributed by atoms with Crippen LogP contribution in [0.15, 0.2) is 43.0 Å². The lowest BCUT2D eigenvalue weighted by atomic mass is 9.96. The molecule has 0 saturated carbocycles. The summed E-state index contributed by atoms with van der Waals surface area (Å²) in [5, 5.41) is 11.7. The lowest BCUT2D eigenvalue weighted by Crippen LogP contribution is -2.20. The second kappa shape index (κ2) is 12.0. The minimum atomic E-state index is 0.368. The molecule has 2 aromatic rings. The molecule has 0 saturated heterocycles. The molecule has 3 nitrogen and oxygen atoms in total. The van der Waals surface area contributed by atoms with E-state index in [9.17, 15) is 0 Å². The van der Waals surface area contributed by atoms with Gasteiger partial charge in [0.2, 0.25) is 0 Å². The predicted molar refractivity (Wildman–Crippen MR) is 127 cm³/mol. The standard InChI is InChI=1S/C26H35N3/c1-6-10-11-15-23(14-9-4)27-26-24(21(12-7-2)13-8-3)25(28-29-26)22-18-16-20(5)17-19-22/h1,7,12,16-19,23H,2,8-11,13-15H2,3-5H3,(H2,27,28,29)/b21-12+. The Kier molecular flexibility index (Phi) is 9.31. The van der Waals surface area contributed by atoms with Crippen molar-refractivity contribution in [1.82, 2.24) is 10.2 Å². The Bertz CT molecular complexity index is 834. The van der Waals surface area contributed by atoms with Gasteiger partial charge in [-0.2, -0.15) is 5.10 Å². The van der Waals surface area contributed by atoms with Crippen LogP contribution in [-0.2, 0) is 0 Å². The van der Waals surface area contributed by atoms with Crippen LogP contribution in [0.25, 0.3) is 16.8 Å². The molecule has 0 aliphatic heterocycles. The number of anilines is 1. The molecular formula is C26H35N3. The smallest absolute Gasteiger partial charge is 0.156 e. The van der Waals surface area contributed by atoms with Gasteiger partial charge in [0.05, 0.1) is 5.69 Å². The highest BCUT2D eigenvalue weighted by molar-refractivity contribution is 5.86. The molecule has 0 spiro atoms. The van der Waals surface area contributed by atoms with Crippen LogP contribution in [0.5, 0.6) is 0 Å². The molecule has 1 unspecified atom stereocenters. The number of rotatable bonds is 12. The van der Waals surface area contributed by atoms with Gasteiger partial charge in [-0.25, -0.2) is 0 Å². The third-order valence-corrected chi connectivity index (χ3v) is 5.12. The third kappa shape index (κ3) is 6.39. The number of nitrogens with zero attached hydrogens (tertiary/aromatic N) is 1. The number of hydrogen-bond acceptors (Lipinski definition) is 2. The van der Waals surface area contributed by atoms with Crippen LogP contribution < -0.4 is 5.32 Å². The molecule has 2 rings (SSSR count). The quantitative estimate of drug-likeness (QED) is 0.230. The molecule has 154 valence electrons. The van der Waals surface area contributed by atoms with Crippen molar-refractivity contribution in [1.29, 1.82) is 0 Å². The van der Waals surface area contributed by atoms with Crippen molar-refractivity contribution >= 4 is 11.4 Å². The van der Waals surface area contributed by atoms with E-state index in [0.717, 1.165) is 67.6 Å². The highest BCUT2D eigenvalue weighted by Crippen LogP contribution is 2.36. The van der Waals surface area contributed by atoms with Gasteiger partial charge in [-0.05, 0) is 38.2 Å². The normalized spacial score (nSPS) is 12.4. The van der Waals surface area contributed by atoms with Gasteiger partial charge in [0.1, 0.15) is 0 Å². The first-order valence-corrected chi connectivity index (χ1v) is 10.8. The predicted octanol–water partition coefficient (Wildman–Crippen LogP) is 7.14. The van der Waals surface area contributed by atoms with Gasteiger partial charge < -0.3 is 5.32 Å². The summed E-state index contributed by atoms with van der Waals surface area (Å²) < 4.78 is 0. The Morgan fingerprint density at radius 1 is 1.24 bits per heavy atom. The van der Waals surface area contributed by atoms with Crippen LogP contribution in [0.2, 0.25) is 0 Å². The Hall–Kier alpha value is -2.73. The molecule has 3 heteroatoms. The topological polar surface area (TPSA) is 40.7 Å². The SMILES string of the molecule is C#CCCCC(CCC)Nc1n[nH]c(-c2ccc(C)cc2)c1/C(=C/C=C)CCC. The average molecular weight is 390 g/mol. The Balaban J connectivity index is 2.45. The zero-order valence-electron chi connectivity index (χ0n) is 18.2. The second-order valence-electron chi connectivity index (χ2n) is 7.59. The van der Waals surface area contributed by atoms with E-state index in [1.54, 1.807) is 0 Å². The molecule has 1 aromatic carbocycles. The molecule has 0 aliphatic rings. The van der Waals surface area contributed by atoms with Gasteiger partial charge in [0.15, 0.2) is 5.82 Å². The first-order chi connectivity index (χ1) is 14.1.